The van der Waals surface area contributed by atoms with E-state index in [2.05, 4.69) is 26.3 Å². The number of ether oxygens (including phenoxy) is 1. The first-order valence-electron chi connectivity index (χ1n) is 15.9. The van der Waals surface area contributed by atoms with Gasteiger partial charge in [-0.3, -0.25) is 19.2 Å². The molecule has 0 saturated heterocycles. The number of oxazole rings is 1. The number of carbonyl (C=O) groups is 4. The van der Waals surface area contributed by atoms with Crippen LogP contribution in [0.2, 0.25) is 0 Å². The first kappa shape index (κ1) is 33.9. The number of carbonyl (C=O) groups excluding carboxylic acids is 4. The molecule has 48 heavy (non-hydrogen) atoms. The lowest BCUT2D eigenvalue weighted by Gasteiger charge is -2.23. The average molecular weight is 654 g/mol. The van der Waals surface area contributed by atoms with E-state index in [1.165, 1.54) is 6.92 Å². The molecule has 0 spiro atoms. The number of hydrogen-bond donors (Lipinski definition) is 5. The Morgan fingerprint density at radius 3 is 2.35 bits per heavy atom. The molecule has 3 aromatic carbocycles. The van der Waals surface area contributed by atoms with E-state index in [0.717, 1.165) is 17.4 Å². The van der Waals surface area contributed by atoms with Crippen LogP contribution in [0, 0.1) is 0 Å². The maximum Gasteiger partial charge on any atom is 0.273 e. The van der Waals surface area contributed by atoms with Gasteiger partial charge in [0.1, 0.15) is 36.7 Å². The fourth-order valence-corrected chi connectivity index (χ4v) is 5.31. The summed E-state index contributed by atoms with van der Waals surface area (Å²) in [7, 11) is 0. The van der Waals surface area contributed by atoms with Crippen LogP contribution in [-0.4, -0.2) is 58.5 Å². The Kier molecular flexibility index (Phi) is 11.5. The number of aromatic nitrogens is 1. The van der Waals surface area contributed by atoms with Crippen molar-refractivity contribution in [3.05, 3.63) is 119 Å². The minimum Gasteiger partial charge on any atom is -0.488 e. The Bertz CT molecular complexity index is 1690. The van der Waals surface area contributed by atoms with Gasteiger partial charge >= 0.3 is 0 Å². The highest BCUT2D eigenvalue weighted by Gasteiger charge is 2.31. The summed E-state index contributed by atoms with van der Waals surface area (Å²) in [5.41, 5.74) is 1.96. The zero-order valence-electron chi connectivity index (χ0n) is 26.6. The van der Waals surface area contributed by atoms with Gasteiger partial charge in [-0.15, -0.1) is 0 Å². The van der Waals surface area contributed by atoms with Crippen LogP contribution in [0.25, 0.3) is 0 Å². The SMILES string of the molecule is C[C@@H](O)[C@@H]1NC(=O)c2coc(n2)[C@H](Cc2ccccc2)NC(=O)[C@@H](NC(=O)c2ccccc2OCc2ccccc2)CCCCNC1=O. The molecule has 250 valence electrons. The zero-order valence-corrected chi connectivity index (χ0v) is 26.6. The molecule has 12 heteroatoms. The largest absolute Gasteiger partial charge is 0.488 e. The van der Waals surface area contributed by atoms with E-state index in [1.54, 1.807) is 24.3 Å². The minimum absolute atomic E-state index is 0.0622. The van der Waals surface area contributed by atoms with Crippen molar-refractivity contribution >= 4 is 23.6 Å². The molecule has 0 saturated carbocycles. The second-order valence-corrected chi connectivity index (χ2v) is 11.6. The molecular weight excluding hydrogens is 614 g/mol. The van der Waals surface area contributed by atoms with Gasteiger partial charge in [0.25, 0.3) is 11.8 Å². The fourth-order valence-electron chi connectivity index (χ4n) is 5.31. The van der Waals surface area contributed by atoms with E-state index in [4.69, 9.17) is 9.15 Å². The topological polar surface area (TPSA) is 172 Å². The van der Waals surface area contributed by atoms with Crippen LogP contribution in [0.5, 0.6) is 5.75 Å². The summed E-state index contributed by atoms with van der Waals surface area (Å²) < 4.78 is 11.7. The van der Waals surface area contributed by atoms with Gasteiger partial charge in [0, 0.05) is 13.0 Å². The number of fused-ring (bicyclic) bond motifs is 2. The van der Waals surface area contributed by atoms with Gasteiger partial charge in [-0.1, -0.05) is 72.8 Å². The first-order chi connectivity index (χ1) is 23.3. The predicted octanol–water partition coefficient (Wildman–Crippen LogP) is 3.23. The average Bonchev–Trinajstić information content (AvgIpc) is 3.60. The number of amides is 4. The van der Waals surface area contributed by atoms with Crippen LogP contribution in [0.1, 0.15) is 70.1 Å². The molecule has 4 atom stereocenters. The number of aliphatic hydroxyl groups is 1. The molecule has 0 fully saturated rings. The lowest BCUT2D eigenvalue weighted by molar-refractivity contribution is -0.125. The third-order valence-electron chi connectivity index (χ3n) is 7.91. The van der Waals surface area contributed by atoms with E-state index in [-0.39, 0.29) is 43.1 Å². The quantitative estimate of drug-likeness (QED) is 0.193. The first-order valence-corrected chi connectivity index (χ1v) is 15.9. The summed E-state index contributed by atoms with van der Waals surface area (Å²) in [6.45, 7) is 1.88. The molecule has 1 aliphatic rings. The third kappa shape index (κ3) is 9.07. The van der Waals surface area contributed by atoms with Gasteiger partial charge in [-0.2, -0.15) is 0 Å². The Morgan fingerprint density at radius 1 is 0.938 bits per heavy atom. The van der Waals surface area contributed by atoms with Crippen molar-refractivity contribution in [3.63, 3.8) is 0 Å². The second kappa shape index (κ2) is 16.4. The maximum absolute atomic E-state index is 13.9. The van der Waals surface area contributed by atoms with Crippen LogP contribution in [0.3, 0.4) is 0 Å². The normalized spacial score (nSPS) is 19.7. The molecule has 0 unspecified atom stereocenters. The Balaban J connectivity index is 1.40. The third-order valence-corrected chi connectivity index (χ3v) is 7.91. The van der Waals surface area contributed by atoms with E-state index in [0.29, 0.717) is 18.6 Å². The molecule has 2 heterocycles. The highest BCUT2D eigenvalue weighted by Crippen LogP contribution is 2.22. The highest BCUT2D eigenvalue weighted by atomic mass is 16.5. The molecule has 2 bridgehead atoms. The number of para-hydroxylation sites is 1. The summed E-state index contributed by atoms with van der Waals surface area (Å²) in [6, 6.07) is 22.8. The molecule has 0 aliphatic carbocycles. The van der Waals surface area contributed by atoms with Crippen LogP contribution in [-0.2, 0) is 22.6 Å². The predicted molar refractivity (Wildman–Crippen MR) is 176 cm³/mol. The summed E-state index contributed by atoms with van der Waals surface area (Å²) in [6.07, 6.45) is 1.43. The Morgan fingerprint density at radius 2 is 1.62 bits per heavy atom. The van der Waals surface area contributed by atoms with Gasteiger partial charge in [0.15, 0.2) is 5.69 Å². The zero-order chi connectivity index (χ0) is 33.9. The fraction of sp³-hybridized carbons (Fsp3) is 0.306. The van der Waals surface area contributed by atoms with Crippen molar-refractivity contribution in [2.45, 2.75) is 63.4 Å². The number of benzene rings is 3. The van der Waals surface area contributed by atoms with Crippen LogP contribution in [0.15, 0.2) is 95.6 Å². The van der Waals surface area contributed by atoms with Gasteiger partial charge in [0.05, 0.1) is 11.7 Å². The second-order valence-electron chi connectivity index (χ2n) is 11.6. The van der Waals surface area contributed by atoms with Crippen LogP contribution in [0.4, 0.5) is 0 Å². The lowest BCUT2D eigenvalue weighted by atomic mass is 10.0. The molecule has 12 nitrogen and oxygen atoms in total. The van der Waals surface area contributed by atoms with Gasteiger partial charge in [-0.25, -0.2) is 4.98 Å². The van der Waals surface area contributed by atoms with Crippen molar-refractivity contribution < 1.29 is 33.4 Å². The van der Waals surface area contributed by atoms with E-state index in [1.807, 2.05) is 60.7 Å². The van der Waals surface area contributed by atoms with Crippen molar-refractivity contribution in [3.8, 4) is 5.75 Å². The van der Waals surface area contributed by atoms with Crippen LogP contribution < -0.4 is 26.0 Å². The number of rotatable bonds is 8. The molecule has 1 aliphatic heterocycles. The Labute approximate surface area is 278 Å². The van der Waals surface area contributed by atoms with Crippen molar-refractivity contribution in [1.82, 2.24) is 26.3 Å². The molecule has 0 radical (unpaired) electrons. The molecule has 5 N–H and O–H groups in total. The number of aliphatic hydroxyl groups excluding tert-OH is 1. The number of nitrogens with zero attached hydrogens (tertiary/aromatic N) is 1. The highest BCUT2D eigenvalue weighted by molar-refractivity contribution is 5.99. The summed E-state index contributed by atoms with van der Waals surface area (Å²) in [5.74, 6) is -1.81. The van der Waals surface area contributed by atoms with Crippen molar-refractivity contribution in [2.75, 3.05) is 6.54 Å². The van der Waals surface area contributed by atoms with E-state index >= 15 is 0 Å². The van der Waals surface area contributed by atoms with Gasteiger partial charge < -0.3 is 35.5 Å². The van der Waals surface area contributed by atoms with E-state index < -0.39 is 47.9 Å². The smallest absolute Gasteiger partial charge is 0.273 e. The summed E-state index contributed by atoms with van der Waals surface area (Å²) >= 11 is 0. The monoisotopic (exact) mass is 653 g/mol. The standard InChI is InChI=1S/C36H39N5O7/c1-23(42)31-35(46)37-19-11-10-17-27(38-32(43)26-16-8-9-18-30(26)47-21-25-14-6-3-7-15-25)33(44)39-28(20-24-12-4-2-5-13-24)36-40-29(22-48-36)34(45)41-31/h2-9,12-16,18,22-23,27-28,31,42H,10-11,17,19-21H2,1H3,(H,37,46)(H,38,43)(H,39,44)(H,41,45)/t23-,27+,28+,31+/m1/s1. The molecule has 1 aromatic heterocycles. The summed E-state index contributed by atoms with van der Waals surface area (Å²) in [4.78, 5) is 57.8. The molecular formula is C36H39N5O7. The van der Waals surface area contributed by atoms with Crippen molar-refractivity contribution in [2.24, 2.45) is 0 Å². The number of nitrogens with one attached hydrogen (secondary N) is 4. The minimum atomic E-state index is -1.22. The maximum atomic E-state index is 13.9. The van der Waals surface area contributed by atoms with Gasteiger partial charge in [0.2, 0.25) is 17.7 Å². The Hall–Kier alpha value is -5.49. The summed E-state index contributed by atoms with van der Waals surface area (Å²) in [5, 5.41) is 21.3. The van der Waals surface area contributed by atoms with Crippen molar-refractivity contribution in [1.29, 1.82) is 0 Å². The van der Waals surface area contributed by atoms with E-state index in [9.17, 15) is 24.3 Å². The molecule has 5 rings (SSSR count). The lowest BCUT2D eigenvalue weighted by Crippen LogP contribution is -2.52. The van der Waals surface area contributed by atoms with Gasteiger partial charge in [-0.05, 0) is 49.4 Å². The molecule has 4 amide bonds. The van der Waals surface area contributed by atoms with Crippen LogP contribution >= 0.6 is 0 Å². The number of hydrogen-bond acceptors (Lipinski definition) is 8. The molecule has 4 aromatic rings.